The molecule has 22 nitrogen and oxygen atoms in total. The van der Waals surface area contributed by atoms with Gasteiger partial charge in [-0.05, 0) is 57.8 Å². The molecule has 0 unspecified atom stereocenters. The van der Waals surface area contributed by atoms with Crippen LogP contribution in [0, 0.1) is 249 Å². The number of rotatable bonds is 12. The Labute approximate surface area is 451 Å². The number of hydrogen-bond donors (Lipinski definition) is 12. The summed E-state index contributed by atoms with van der Waals surface area (Å²) in [6.45, 7) is 0. The van der Waals surface area contributed by atoms with Crippen molar-refractivity contribution in [3.8, 4) is 0 Å². The molecule has 7 radical (unpaired) electrons. The number of aliphatic hydroxyl groups excluding tert-OH is 6. The van der Waals surface area contributed by atoms with Gasteiger partial charge in [0.1, 0.15) is 0 Å². The summed E-state index contributed by atoms with van der Waals surface area (Å²) in [4.78, 5) is 0. The zero-order chi connectivity index (χ0) is 21.8. The van der Waals surface area contributed by atoms with E-state index in [1.54, 1.807) is 0 Å². The van der Waals surface area contributed by atoms with E-state index in [0.717, 1.165) is 0 Å². The minimum atomic E-state index is -1.33. The van der Waals surface area contributed by atoms with Gasteiger partial charge < -0.3 is 116 Å². The summed E-state index contributed by atoms with van der Waals surface area (Å²) >= 11 is 0. The summed E-state index contributed by atoms with van der Waals surface area (Å²) in [5, 5.41) is 99.1. The summed E-state index contributed by atoms with van der Waals surface area (Å²) in [7, 11) is 0. The second kappa shape index (κ2) is 104. The fraction of sp³-hybridized carbons (Fsp3) is 1.00. The van der Waals surface area contributed by atoms with Gasteiger partial charge >= 0.3 is 0 Å². The van der Waals surface area contributed by atoms with Crippen LogP contribution in [0.3, 0.4) is 0 Å². The summed E-state index contributed by atoms with van der Waals surface area (Å²) in [6, 6.07) is 0. The molecule has 0 aromatic carbocycles. The zero-order valence-corrected chi connectivity index (χ0v) is 49.8. The first kappa shape index (κ1) is 132. The average Bonchev–Trinajstić information content (AvgIpc) is 2.46. The molecular weight excluding hydrogens is 1500 g/mol. The maximum Gasteiger partial charge on any atom is 0.151 e. The van der Waals surface area contributed by atoms with Crippen LogP contribution in [-0.4, -0.2) is 137 Å². The molecule has 0 aliphatic heterocycles. The van der Waals surface area contributed by atoms with Crippen molar-refractivity contribution in [3.63, 3.8) is 0 Å². The van der Waals surface area contributed by atoms with E-state index in [-0.39, 0.29) is 342 Å². The molecule has 0 spiro atoms. The third-order valence-electron chi connectivity index (χ3n) is 2.77. The van der Waals surface area contributed by atoms with Crippen molar-refractivity contribution in [1.82, 2.24) is 0 Å². The van der Waals surface area contributed by atoms with Crippen molar-refractivity contribution >= 4 is 0 Å². The molecule has 0 atom stereocenters. The van der Waals surface area contributed by atoms with E-state index in [1.807, 2.05) is 0 Å². The maximum atomic E-state index is 8.26. The molecular formula is C15H59La7O22+3. The molecule has 0 aromatic heterocycles. The van der Waals surface area contributed by atoms with Crippen molar-refractivity contribution in [2.24, 2.45) is 0 Å². The molecule has 44 heavy (non-hydrogen) atoms. The first-order valence-electron chi connectivity index (χ1n) is 8.55. The van der Waals surface area contributed by atoms with Crippen LogP contribution in [0.25, 0.3) is 0 Å². The maximum absolute atomic E-state index is 8.26. The van der Waals surface area contributed by atoms with Gasteiger partial charge in [-0.15, -0.1) is 0 Å². The largest absolute Gasteiger partial charge is 0.457 e. The molecule has 0 aliphatic rings. The topological polar surface area (TPSA) is 562 Å². The van der Waals surface area contributed by atoms with Gasteiger partial charge in [0, 0.05) is 249 Å². The van der Waals surface area contributed by atoms with Crippen molar-refractivity contribution < 1.29 is 365 Å². The second-order valence-corrected chi connectivity index (χ2v) is 5.68. The zero-order valence-electron chi connectivity index (χ0n) is 24.5. The Kier molecular flexibility index (Phi) is 313. The molecule has 0 heterocycles. The Morgan fingerprint density at radius 2 is 0.295 bits per heavy atom. The van der Waals surface area contributed by atoms with Crippen molar-refractivity contribution in [2.75, 3.05) is 0 Å². The monoisotopic (exact) mass is 1560 g/mol. The second-order valence-electron chi connectivity index (χ2n) is 5.68. The van der Waals surface area contributed by atoms with Crippen LogP contribution >= 0.6 is 0 Å². The Hall–Kier alpha value is 7.48. The first-order valence-corrected chi connectivity index (χ1v) is 8.55. The van der Waals surface area contributed by atoms with E-state index in [4.69, 9.17) is 61.3 Å². The third-order valence-corrected chi connectivity index (χ3v) is 2.77. The Morgan fingerprint density at radius 3 is 0.341 bits per heavy atom. The quantitative estimate of drug-likeness (QED) is 0.0641. The fourth-order valence-corrected chi connectivity index (χ4v) is 1.45. The summed E-state index contributed by atoms with van der Waals surface area (Å²) < 4.78 is 0. The van der Waals surface area contributed by atoms with E-state index in [0.29, 0.717) is 19.3 Å². The van der Waals surface area contributed by atoms with Crippen LogP contribution < -0.4 is 0 Å². The standard InChI is InChI=1S/3C5H12O4.7La.10H2O/c3*6-4(7)2-1-3-5(8)9;;;;;;;;;;;;;;;;;/h3*4-9H,1-3H2;;;;;;;;10*1H2/p+3. The molecule has 269 valence electrons. The third kappa shape index (κ3) is 179. The van der Waals surface area contributed by atoms with Crippen LogP contribution in [0.15, 0.2) is 0 Å². The Morgan fingerprint density at radius 1 is 0.227 bits per heavy atom. The molecule has 0 aliphatic carbocycles. The molecule has 35 N–H and O–H groups in total. The van der Waals surface area contributed by atoms with Gasteiger partial charge in [-0.2, -0.15) is 0 Å². The van der Waals surface area contributed by atoms with Crippen LogP contribution in [0.1, 0.15) is 57.8 Å². The number of hydrogen-bond acceptors (Lipinski definition) is 12. The van der Waals surface area contributed by atoms with Crippen LogP contribution in [-0.2, 0) is 16.4 Å². The van der Waals surface area contributed by atoms with Gasteiger partial charge in [0.2, 0.25) is 0 Å². The molecule has 0 aromatic rings. The molecule has 0 bridgehead atoms. The summed E-state index contributed by atoms with van der Waals surface area (Å²) in [5.74, 6) is 0. The smallest absolute Gasteiger partial charge is 0.151 e. The molecule has 0 saturated carbocycles. The summed E-state index contributed by atoms with van der Waals surface area (Å²) in [6.07, 6.45) is -5.59. The molecule has 0 rings (SSSR count). The molecule has 0 amide bonds. The minimum Gasteiger partial charge on any atom is -0.457 e. The van der Waals surface area contributed by atoms with Gasteiger partial charge in [-0.25, -0.2) is 0 Å². The Balaban J connectivity index is -0.00000000914. The van der Waals surface area contributed by atoms with Crippen molar-refractivity contribution in [1.29, 1.82) is 0 Å². The average molecular weight is 1560 g/mol. The van der Waals surface area contributed by atoms with E-state index < -0.39 is 37.7 Å². The van der Waals surface area contributed by atoms with Crippen LogP contribution in [0.5, 0.6) is 0 Å². The normalized spacial score (nSPS) is 6.95. The van der Waals surface area contributed by atoms with E-state index in [1.165, 1.54) is 0 Å². The predicted molar refractivity (Wildman–Crippen MR) is 131 cm³/mol. The molecule has 0 saturated heterocycles. The van der Waals surface area contributed by atoms with E-state index in [2.05, 4.69) is 0 Å². The van der Waals surface area contributed by atoms with Crippen molar-refractivity contribution in [3.05, 3.63) is 0 Å². The summed E-state index contributed by atoms with van der Waals surface area (Å²) in [5.41, 5.74) is 0. The first-order chi connectivity index (χ1) is 12.4. The Bertz CT molecular complexity index is 242. The van der Waals surface area contributed by atoms with Gasteiger partial charge in [-0.1, -0.05) is 0 Å². The van der Waals surface area contributed by atoms with Crippen LogP contribution in [0.2, 0.25) is 0 Å². The van der Waals surface area contributed by atoms with Gasteiger partial charge in [0.15, 0.2) is 37.7 Å². The molecule has 0 fully saturated rings. The van der Waals surface area contributed by atoms with Gasteiger partial charge in [0.05, 0.1) is 0 Å². The van der Waals surface area contributed by atoms with E-state index >= 15 is 0 Å². The van der Waals surface area contributed by atoms with Crippen molar-refractivity contribution in [2.45, 2.75) is 95.5 Å². The van der Waals surface area contributed by atoms with E-state index in [9.17, 15) is 0 Å². The minimum absolute atomic E-state index is 0. The van der Waals surface area contributed by atoms with Gasteiger partial charge in [-0.3, -0.25) is 0 Å². The fourth-order valence-electron chi connectivity index (χ4n) is 1.45. The number of aliphatic hydroxyl groups is 12. The van der Waals surface area contributed by atoms with Crippen LogP contribution in [0.4, 0.5) is 0 Å². The SMILES string of the molecule is O.O.O.O.O.O.O.OC(O)CCCC(O)O.OC(O)CCCC(O)O.OC(O)CCCC(O)O.[La].[La].[La].[La].[La].[La].[La].[OH3+].[OH3+].[OH3+]. The molecule has 29 heteroatoms. The predicted octanol–water partition coefficient (Wildman–Crippen LogP) is -12.2. The van der Waals surface area contributed by atoms with Gasteiger partial charge in [0.25, 0.3) is 0 Å².